The van der Waals surface area contributed by atoms with Crippen LogP contribution in [0.15, 0.2) is 78.9 Å². The van der Waals surface area contributed by atoms with Crippen LogP contribution in [0, 0.1) is 18.2 Å². The topological polar surface area (TPSA) is 90.3 Å². The predicted octanol–water partition coefficient (Wildman–Crippen LogP) is 9.51. The molecule has 8 nitrogen and oxygen atoms in total. The third-order valence-electron chi connectivity index (χ3n) is 9.50. The average molecular weight is 727 g/mol. The van der Waals surface area contributed by atoms with Crippen molar-refractivity contribution in [1.29, 1.82) is 0 Å². The van der Waals surface area contributed by atoms with Crippen LogP contribution in [-0.4, -0.2) is 54.6 Å². The zero-order chi connectivity index (χ0) is 38.0. The molecule has 4 aromatic rings. The number of anilines is 1. The lowest BCUT2D eigenvalue weighted by atomic mass is 9.81. The molecule has 0 saturated carbocycles. The molecule has 0 radical (unpaired) electrons. The van der Waals surface area contributed by atoms with Crippen molar-refractivity contribution in [2.24, 2.45) is 5.41 Å². The Balaban J connectivity index is 1.44. The molecular weight excluding hydrogens is 671 g/mol. The predicted molar refractivity (Wildman–Crippen MR) is 207 cm³/mol. The summed E-state index contributed by atoms with van der Waals surface area (Å²) in [4.78, 5) is 20.6. The number of benzene rings is 3. The second-order valence-corrected chi connectivity index (χ2v) is 15.6. The van der Waals surface area contributed by atoms with Crippen LogP contribution in [-0.2, 0) is 38.6 Å². The van der Waals surface area contributed by atoms with Crippen molar-refractivity contribution in [3.63, 3.8) is 0 Å². The van der Waals surface area contributed by atoms with Crippen LogP contribution in [0.1, 0.15) is 88.1 Å². The molecule has 1 fully saturated rings. The van der Waals surface area contributed by atoms with E-state index in [1.165, 1.54) is 12.1 Å². The molecule has 0 bridgehead atoms. The number of halogens is 1. The van der Waals surface area contributed by atoms with Gasteiger partial charge in [0, 0.05) is 49.5 Å². The Morgan fingerprint density at radius 3 is 2.15 bits per heavy atom. The molecule has 5 rings (SSSR count). The number of carbonyl (C=O) groups is 1. The van der Waals surface area contributed by atoms with Crippen molar-refractivity contribution in [2.75, 3.05) is 37.8 Å². The van der Waals surface area contributed by atoms with Crippen molar-refractivity contribution in [2.45, 2.75) is 92.1 Å². The van der Waals surface area contributed by atoms with Gasteiger partial charge >= 0.3 is 5.97 Å². The standard InChI is InChI=1S/C44H55FN2O6/c1-31-38(34-15-19-36(20-16-34)52-28-21-32-13-17-35(45)18-14-32)40(47-24-22-44(5,6)23-25-47)39(41(42(48)49)53-43(2,3)4)37(46-31)30-51-27-10-26-50-29-33-11-8-7-9-12-33/h7-9,11-20,41H,10,21-30H2,1-6H3,(H,48,49)/t41-/m0/s1. The van der Waals surface area contributed by atoms with E-state index in [0.29, 0.717) is 56.3 Å². The molecule has 1 aliphatic heterocycles. The van der Waals surface area contributed by atoms with Crippen LogP contribution >= 0.6 is 0 Å². The van der Waals surface area contributed by atoms with Gasteiger partial charge in [0.25, 0.3) is 0 Å². The Hall–Kier alpha value is -4.31. The molecule has 0 unspecified atom stereocenters. The number of nitrogens with zero attached hydrogens (tertiary/aromatic N) is 2. The highest BCUT2D eigenvalue weighted by Crippen LogP contribution is 2.45. The van der Waals surface area contributed by atoms with Gasteiger partial charge in [0.1, 0.15) is 11.6 Å². The number of hydrogen-bond acceptors (Lipinski definition) is 7. The maximum absolute atomic E-state index is 13.3. The number of aliphatic carboxylic acids is 1. The van der Waals surface area contributed by atoms with E-state index in [4.69, 9.17) is 23.9 Å². The Kier molecular flexibility index (Phi) is 13.7. The number of aryl methyl sites for hydroxylation is 1. The van der Waals surface area contributed by atoms with Gasteiger partial charge in [-0.2, -0.15) is 0 Å². The molecular formula is C44H55FN2O6. The largest absolute Gasteiger partial charge is 0.493 e. The van der Waals surface area contributed by atoms with Gasteiger partial charge in [0.05, 0.1) is 36.8 Å². The van der Waals surface area contributed by atoms with Crippen LogP contribution in [0.3, 0.4) is 0 Å². The van der Waals surface area contributed by atoms with Gasteiger partial charge in [0.15, 0.2) is 6.10 Å². The highest BCUT2D eigenvalue weighted by molar-refractivity contribution is 5.88. The maximum Gasteiger partial charge on any atom is 0.337 e. The first kappa shape index (κ1) is 39.9. The van der Waals surface area contributed by atoms with Crippen LogP contribution < -0.4 is 9.64 Å². The highest BCUT2D eigenvalue weighted by Gasteiger charge is 2.37. The third kappa shape index (κ3) is 11.6. The van der Waals surface area contributed by atoms with Gasteiger partial charge < -0.3 is 29.0 Å². The monoisotopic (exact) mass is 726 g/mol. The fourth-order valence-electron chi connectivity index (χ4n) is 6.59. The van der Waals surface area contributed by atoms with E-state index >= 15 is 0 Å². The summed E-state index contributed by atoms with van der Waals surface area (Å²) in [6, 6.07) is 24.4. The molecule has 1 atom stereocenters. The van der Waals surface area contributed by atoms with Crippen molar-refractivity contribution in [1.82, 2.24) is 4.98 Å². The van der Waals surface area contributed by atoms with Crippen molar-refractivity contribution in [3.05, 3.63) is 113 Å². The SMILES string of the molecule is Cc1nc(COCCCOCc2ccccc2)c([C@H](OC(C)(C)C)C(=O)O)c(N2CCC(C)(C)CC2)c1-c1ccc(OCCc2ccc(F)cc2)cc1. The van der Waals surface area contributed by atoms with Crippen molar-refractivity contribution < 1.29 is 33.2 Å². The number of rotatable bonds is 17. The van der Waals surface area contributed by atoms with E-state index in [2.05, 4.69) is 18.7 Å². The molecule has 1 saturated heterocycles. The van der Waals surface area contributed by atoms with Gasteiger partial charge in [-0.25, -0.2) is 9.18 Å². The van der Waals surface area contributed by atoms with Crippen LogP contribution in [0.4, 0.5) is 10.1 Å². The minimum atomic E-state index is -1.27. The average Bonchev–Trinajstić information content (AvgIpc) is 3.11. The maximum atomic E-state index is 13.3. The first-order valence-corrected chi connectivity index (χ1v) is 18.7. The second kappa shape index (κ2) is 18.1. The van der Waals surface area contributed by atoms with Gasteiger partial charge in [-0.1, -0.05) is 68.4 Å². The normalized spacial score (nSPS) is 15.0. The quantitative estimate of drug-likeness (QED) is 0.108. The zero-order valence-corrected chi connectivity index (χ0v) is 32.1. The molecule has 53 heavy (non-hydrogen) atoms. The molecule has 284 valence electrons. The molecule has 3 aromatic carbocycles. The second-order valence-electron chi connectivity index (χ2n) is 15.6. The molecule has 0 spiro atoms. The van der Waals surface area contributed by atoms with E-state index in [9.17, 15) is 14.3 Å². The lowest BCUT2D eigenvalue weighted by molar-refractivity contribution is -0.160. The van der Waals surface area contributed by atoms with Gasteiger partial charge in [-0.15, -0.1) is 0 Å². The smallest absolute Gasteiger partial charge is 0.337 e. The van der Waals surface area contributed by atoms with Crippen LogP contribution in [0.25, 0.3) is 11.1 Å². The van der Waals surface area contributed by atoms with Gasteiger partial charge in [0.2, 0.25) is 0 Å². The number of aromatic nitrogens is 1. The first-order chi connectivity index (χ1) is 25.3. The third-order valence-corrected chi connectivity index (χ3v) is 9.50. The summed E-state index contributed by atoms with van der Waals surface area (Å²) in [7, 11) is 0. The summed E-state index contributed by atoms with van der Waals surface area (Å²) in [6.07, 6.45) is 1.99. The zero-order valence-electron chi connectivity index (χ0n) is 32.1. The number of carboxylic acid groups (broad SMARTS) is 1. The van der Waals surface area contributed by atoms with Crippen molar-refractivity contribution in [3.8, 4) is 16.9 Å². The van der Waals surface area contributed by atoms with Crippen LogP contribution in [0.2, 0.25) is 0 Å². The Morgan fingerprint density at radius 2 is 1.53 bits per heavy atom. The van der Waals surface area contributed by atoms with Crippen molar-refractivity contribution >= 4 is 11.7 Å². The Labute approximate surface area is 314 Å². The first-order valence-electron chi connectivity index (χ1n) is 18.7. The van der Waals surface area contributed by atoms with Gasteiger partial charge in [-0.05, 0) is 93.3 Å². The number of hydrogen-bond donors (Lipinski definition) is 1. The summed E-state index contributed by atoms with van der Waals surface area (Å²) < 4.78 is 37.8. The minimum absolute atomic E-state index is 0.138. The lowest BCUT2D eigenvalue weighted by Gasteiger charge is -2.41. The summed E-state index contributed by atoms with van der Waals surface area (Å²) in [5.41, 5.74) is 6.05. The Bertz CT molecular complexity index is 1760. The van der Waals surface area contributed by atoms with E-state index in [1.54, 1.807) is 12.1 Å². The van der Waals surface area contributed by atoms with E-state index in [0.717, 1.165) is 59.6 Å². The molecule has 1 N–H and O–H groups in total. The summed E-state index contributed by atoms with van der Waals surface area (Å²) in [5, 5.41) is 10.8. The number of pyridine rings is 1. The number of carboxylic acids is 1. The number of piperidine rings is 1. The Morgan fingerprint density at radius 1 is 0.887 bits per heavy atom. The fraction of sp³-hybridized carbons (Fsp3) is 0.455. The molecule has 0 amide bonds. The highest BCUT2D eigenvalue weighted by atomic mass is 19.1. The lowest BCUT2D eigenvalue weighted by Crippen LogP contribution is -2.39. The molecule has 1 aromatic heterocycles. The summed E-state index contributed by atoms with van der Waals surface area (Å²) >= 11 is 0. The molecule has 0 aliphatic carbocycles. The molecule has 2 heterocycles. The van der Waals surface area contributed by atoms with Gasteiger partial charge in [-0.3, -0.25) is 4.98 Å². The molecule has 1 aliphatic rings. The minimum Gasteiger partial charge on any atom is -0.493 e. The van der Waals surface area contributed by atoms with E-state index in [-0.39, 0.29) is 17.8 Å². The van der Waals surface area contributed by atoms with E-state index < -0.39 is 17.7 Å². The van der Waals surface area contributed by atoms with Crippen LogP contribution in [0.5, 0.6) is 5.75 Å². The summed E-state index contributed by atoms with van der Waals surface area (Å²) in [6.45, 7) is 15.8. The summed E-state index contributed by atoms with van der Waals surface area (Å²) in [5.74, 6) is -0.623. The fourth-order valence-corrected chi connectivity index (χ4v) is 6.59. The number of ether oxygens (including phenoxy) is 4. The molecule has 9 heteroatoms. The van der Waals surface area contributed by atoms with E-state index in [1.807, 2.05) is 82.3 Å².